The molecule has 4 N–H and O–H groups in total. The molecule has 2 rings (SSSR count). The Morgan fingerprint density at radius 3 is 2.41 bits per heavy atom. The molecule has 0 atom stereocenters. The molecular weight excluding hydrogens is 343 g/mol. The van der Waals surface area contributed by atoms with Crippen LogP contribution in [0.3, 0.4) is 0 Å². The van der Waals surface area contributed by atoms with E-state index in [1.807, 2.05) is 18.3 Å². The summed E-state index contributed by atoms with van der Waals surface area (Å²) in [7, 11) is -4.64. The Kier molecular flexibility index (Phi) is 5.72. The maximum absolute atomic E-state index is 8.88. The van der Waals surface area contributed by atoms with Crippen LogP contribution < -0.4 is 2.81 Å². The van der Waals surface area contributed by atoms with Gasteiger partial charge in [0.05, 0.1) is 0 Å². The van der Waals surface area contributed by atoms with Crippen molar-refractivity contribution < 1.29 is 19.2 Å². The Hall–Kier alpha value is 0.640. The number of hydrogen-bond donors (Lipinski definition) is 4. The third kappa shape index (κ3) is 5.03. The summed E-state index contributed by atoms with van der Waals surface area (Å²) in [5.74, 6) is 0. The molecule has 0 radical (unpaired) electrons. The number of benzene rings is 1. The van der Waals surface area contributed by atoms with Gasteiger partial charge < -0.3 is 14.7 Å². The van der Waals surface area contributed by atoms with Gasteiger partial charge in [-0.2, -0.15) is 0 Å². The summed E-state index contributed by atoms with van der Waals surface area (Å²) in [4.78, 5) is 24.7. The van der Waals surface area contributed by atoms with Gasteiger partial charge in [-0.3, -0.25) is 0 Å². The van der Waals surface area contributed by atoms with E-state index in [4.69, 9.17) is 30.8 Å². The van der Waals surface area contributed by atoms with Crippen molar-refractivity contribution in [2.24, 2.45) is 0 Å². The van der Waals surface area contributed by atoms with E-state index in [9.17, 15) is 0 Å². The molecule has 9 heteroatoms. The van der Waals surface area contributed by atoms with Gasteiger partial charge in [0.2, 0.25) is 0 Å². The van der Waals surface area contributed by atoms with E-state index in [1.54, 1.807) is 0 Å². The minimum absolute atomic E-state index is 0.818. The van der Waals surface area contributed by atoms with Crippen LogP contribution in [0.25, 0.3) is 10.9 Å². The zero-order valence-corrected chi connectivity index (χ0v) is 13.9. The number of rotatable bonds is 0. The fourth-order valence-electron chi connectivity index (χ4n) is 1.31. The van der Waals surface area contributed by atoms with E-state index in [1.165, 1.54) is 2.81 Å². The number of nitrogens with one attached hydrogen (secondary N) is 1. The zero-order chi connectivity index (χ0) is 13.2. The summed E-state index contributed by atoms with van der Waals surface area (Å²) in [6.07, 6.45) is 2.02. The topological polar surface area (TPSA) is 93.6 Å². The predicted octanol–water partition coefficient (Wildman–Crippen LogP) is 1.45. The van der Waals surface area contributed by atoms with Gasteiger partial charge in [-0.1, -0.05) is 0 Å². The van der Waals surface area contributed by atoms with Gasteiger partial charge >= 0.3 is 110 Å². The summed E-state index contributed by atoms with van der Waals surface area (Å²) in [5, 5.41) is 1.98. The Labute approximate surface area is 128 Å². The van der Waals surface area contributed by atoms with Crippen LogP contribution in [0, 0.1) is 0 Å². The summed E-state index contributed by atoms with van der Waals surface area (Å²) < 4.78 is 11.2. The minimum atomic E-state index is -4.64. The van der Waals surface area contributed by atoms with Crippen molar-refractivity contribution in [1.29, 1.82) is 0 Å². The Morgan fingerprint density at radius 1 is 1.35 bits per heavy atom. The molecule has 0 fully saturated rings. The van der Waals surface area contributed by atoms with Crippen LogP contribution in [0.15, 0.2) is 22.8 Å². The molecule has 1 heterocycles. The van der Waals surface area contributed by atoms with Crippen LogP contribution in [0.5, 0.6) is 0 Å². The Bertz CT molecular complexity index is 576. The molecule has 1 aromatic heterocycles. The van der Waals surface area contributed by atoms with E-state index in [0.29, 0.717) is 0 Å². The van der Waals surface area contributed by atoms with Gasteiger partial charge in [-0.15, -0.1) is 0 Å². The van der Waals surface area contributed by atoms with Gasteiger partial charge in [0.1, 0.15) is 0 Å². The normalized spacial score (nSPS) is 11.2. The van der Waals surface area contributed by atoms with Crippen molar-refractivity contribution in [2.75, 3.05) is 0 Å². The summed E-state index contributed by atoms with van der Waals surface area (Å²) in [5.41, 5.74) is 1.12. The first kappa shape index (κ1) is 15.7. The van der Waals surface area contributed by atoms with Crippen molar-refractivity contribution in [3.8, 4) is 0 Å². The van der Waals surface area contributed by atoms with Crippen LogP contribution in [-0.4, -0.2) is 47.6 Å². The molecule has 0 bridgehead atoms. The molecule has 2 aromatic rings. The molecular formula is C8H7BrClNNaO4P. The molecule has 88 valence electrons. The Balaban J connectivity index is 0.000000249. The molecule has 0 spiro atoms. The number of hydrogen-bond acceptors (Lipinski definition) is 1. The third-order valence-electron chi connectivity index (χ3n) is 1.93. The quantitative estimate of drug-likeness (QED) is 0.427. The van der Waals surface area contributed by atoms with E-state index in [0.717, 1.165) is 48.3 Å². The van der Waals surface area contributed by atoms with E-state index < -0.39 is 7.82 Å². The average Bonchev–Trinajstić information content (AvgIpc) is 2.52. The zero-order valence-electron chi connectivity index (χ0n) is 8.69. The van der Waals surface area contributed by atoms with Crippen molar-refractivity contribution in [1.82, 2.24) is 4.98 Å². The first-order chi connectivity index (χ1) is 7.70. The molecule has 5 nitrogen and oxygen atoms in total. The number of phosphoric acid groups is 1. The molecule has 0 amide bonds. The van der Waals surface area contributed by atoms with Crippen molar-refractivity contribution in [3.63, 3.8) is 0 Å². The SMILES string of the molecule is O=P(O)(O)O.[Na][c]1c[nH]c2ccc(Br)c(Cl)c12. The molecule has 1 aromatic carbocycles. The van der Waals surface area contributed by atoms with Crippen LogP contribution in [0.1, 0.15) is 0 Å². The van der Waals surface area contributed by atoms with E-state index in [-0.39, 0.29) is 0 Å². The molecule has 0 aliphatic heterocycles. The van der Waals surface area contributed by atoms with Crippen molar-refractivity contribution in [2.45, 2.75) is 0 Å². The van der Waals surface area contributed by atoms with Gasteiger partial charge in [-0.05, 0) is 0 Å². The summed E-state index contributed by atoms with van der Waals surface area (Å²) >= 11 is 10.6. The standard InChI is InChI=1S/C8H4BrClN.Na.H3O4P/c9-6-1-2-7-5(8(6)10)3-4-11-7;;1-5(2,3)4/h1-2,4,11H;;(H3,1,2,3,4). The van der Waals surface area contributed by atoms with Gasteiger partial charge in [0, 0.05) is 0 Å². The molecule has 0 aliphatic rings. The third-order valence-corrected chi connectivity index (χ3v) is 4.00. The molecule has 0 unspecified atom stereocenters. The van der Waals surface area contributed by atoms with Crippen LogP contribution in [-0.2, 0) is 4.57 Å². The Morgan fingerprint density at radius 2 is 1.88 bits per heavy atom. The monoisotopic (exact) mass is 349 g/mol. The van der Waals surface area contributed by atoms with Gasteiger partial charge in [0.15, 0.2) is 0 Å². The van der Waals surface area contributed by atoms with Gasteiger partial charge in [0.25, 0.3) is 0 Å². The molecule has 17 heavy (non-hydrogen) atoms. The maximum atomic E-state index is 8.88. The van der Waals surface area contributed by atoms with Crippen molar-refractivity contribution >= 4 is 77.0 Å². The molecule has 0 saturated heterocycles. The number of aromatic nitrogens is 1. The van der Waals surface area contributed by atoms with Gasteiger partial charge in [-0.25, -0.2) is 4.57 Å². The first-order valence-electron chi connectivity index (χ1n) is 4.40. The van der Waals surface area contributed by atoms with Crippen LogP contribution in [0.4, 0.5) is 0 Å². The van der Waals surface area contributed by atoms with E-state index >= 15 is 0 Å². The number of H-pyrrole nitrogens is 1. The molecule has 0 saturated carbocycles. The molecule has 0 aliphatic carbocycles. The second kappa shape index (κ2) is 6.19. The average molecular weight is 350 g/mol. The number of halogens is 2. The first-order valence-corrected chi connectivity index (χ1v) is 8.13. The second-order valence-electron chi connectivity index (χ2n) is 3.27. The number of fused-ring (bicyclic) bond motifs is 1. The predicted molar refractivity (Wildman–Crippen MR) is 70.7 cm³/mol. The summed E-state index contributed by atoms with van der Waals surface area (Å²) in [6.45, 7) is 0. The fourth-order valence-corrected chi connectivity index (χ4v) is 2.78. The van der Waals surface area contributed by atoms with Crippen LogP contribution in [0.2, 0.25) is 5.02 Å². The van der Waals surface area contributed by atoms with Crippen molar-refractivity contribution in [3.05, 3.63) is 27.8 Å². The number of aromatic amines is 1. The fraction of sp³-hybridized carbons (Fsp3) is 0. The van der Waals surface area contributed by atoms with E-state index in [2.05, 4.69) is 20.9 Å². The second-order valence-corrected chi connectivity index (χ2v) is 6.61. The summed E-state index contributed by atoms with van der Waals surface area (Å²) in [6, 6.07) is 3.99. The van der Waals surface area contributed by atoms with Crippen LogP contribution >= 0.6 is 35.4 Å².